The number of alkyl halides is 3. The lowest BCUT2D eigenvalue weighted by atomic mass is 9.98. The van der Waals surface area contributed by atoms with Crippen molar-refractivity contribution in [2.75, 3.05) is 0 Å². The summed E-state index contributed by atoms with van der Waals surface area (Å²) in [4.78, 5) is 12.6. The molecule has 0 aliphatic heterocycles. The third kappa shape index (κ3) is 5.62. The summed E-state index contributed by atoms with van der Waals surface area (Å²) in [6, 6.07) is 10.5. The third-order valence-corrected chi connectivity index (χ3v) is 6.07. The number of halogens is 4. The topological polar surface area (TPSA) is 64.9 Å². The van der Waals surface area contributed by atoms with Crippen LogP contribution in [-0.4, -0.2) is 23.7 Å². The molecule has 2 aromatic rings. The van der Waals surface area contributed by atoms with Crippen molar-refractivity contribution in [2.24, 2.45) is 0 Å². The van der Waals surface area contributed by atoms with Crippen LogP contribution in [0.2, 0.25) is 5.02 Å². The van der Waals surface area contributed by atoms with Gasteiger partial charge in [0, 0.05) is 5.02 Å². The number of carbonyl (C=O) groups excluding carboxylic acids is 1. The third-order valence-electron chi connectivity index (χ3n) is 5.65. The molecule has 0 bridgehead atoms. The molecule has 2 atom stereocenters. The summed E-state index contributed by atoms with van der Waals surface area (Å²) in [6.45, 7) is 3.66. The normalized spacial score (nSPS) is 16.7. The van der Waals surface area contributed by atoms with E-state index in [9.17, 15) is 23.2 Å². The van der Waals surface area contributed by atoms with Gasteiger partial charge in [-0.1, -0.05) is 55.3 Å². The molecule has 3 rings (SSSR count). The van der Waals surface area contributed by atoms with Crippen LogP contribution >= 0.6 is 11.6 Å². The summed E-state index contributed by atoms with van der Waals surface area (Å²) in [5, 5.41) is 14.9. The van der Waals surface area contributed by atoms with Gasteiger partial charge in [0.2, 0.25) is 5.91 Å². The summed E-state index contributed by atoms with van der Waals surface area (Å²) in [6.07, 6.45) is -2.83. The molecule has 0 aromatic heterocycles. The standard InChI is InChI=1S/C24H25ClF3N3O/c1-3-4-20(22(32)31-23(14-29)11-12-23)30-21(24(26,27)28)17-7-5-16(6-8-17)18-9-10-19(25)15(2)13-18/h5-10,13,20-21,30H,3-4,11-12H2,1-2H3,(H,31,32)/t20-,21-/m0/s1. The largest absolute Gasteiger partial charge is 0.407 e. The van der Waals surface area contributed by atoms with E-state index in [1.54, 1.807) is 25.1 Å². The minimum absolute atomic E-state index is 0.0160. The number of amides is 1. The van der Waals surface area contributed by atoms with Gasteiger partial charge in [-0.3, -0.25) is 10.1 Å². The number of carbonyl (C=O) groups is 1. The first-order chi connectivity index (χ1) is 15.1. The summed E-state index contributed by atoms with van der Waals surface area (Å²) >= 11 is 6.05. The molecule has 1 saturated carbocycles. The van der Waals surface area contributed by atoms with Crippen LogP contribution in [0.25, 0.3) is 11.1 Å². The zero-order valence-electron chi connectivity index (χ0n) is 17.9. The molecule has 0 saturated heterocycles. The number of hydrogen-bond acceptors (Lipinski definition) is 3. The molecule has 170 valence electrons. The molecule has 0 radical (unpaired) electrons. The van der Waals surface area contributed by atoms with Crippen LogP contribution < -0.4 is 10.6 Å². The van der Waals surface area contributed by atoms with Gasteiger partial charge < -0.3 is 5.32 Å². The summed E-state index contributed by atoms with van der Waals surface area (Å²) < 4.78 is 41.8. The maximum absolute atomic E-state index is 13.9. The molecule has 1 aliphatic carbocycles. The highest BCUT2D eigenvalue weighted by molar-refractivity contribution is 6.31. The van der Waals surface area contributed by atoms with Crippen molar-refractivity contribution in [2.45, 2.75) is 63.3 Å². The Morgan fingerprint density at radius 1 is 1.19 bits per heavy atom. The van der Waals surface area contributed by atoms with Crippen molar-refractivity contribution in [1.82, 2.24) is 10.6 Å². The Kier molecular flexibility index (Phi) is 7.16. The Labute approximate surface area is 190 Å². The quantitative estimate of drug-likeness (QED) is 0.516. The minimum Gasteiger partial charge on any atom is -0.336 e. The smallest absolute Gasteiger partial charge is 0.336 e. The number of benzene rings is 2. The molecule has 4 nitrogen and oxygen atoms in total. The molecular formula is C24H25ClF3N3O. The van der Waals surface area contributed by atoms with E-state index < -0.39 is 29.7 Å². The average molecular weight is 464 g/mol. The molecule has 32 heavy (non-hydrogen) atoms. The van der Waals surface area contributed by atoms with Gasteiger partial charge >= 0.3 is 6.18 Å². The van der Waals surface area contributed by atoms with Crippen LogP contribution in [0.4, 0.5) is 13.2 Å². The monoisotopic (exact) mass is 463 g/mol. The van der Waals surface area contributed by atoms with Crippen molar-refractivity contribution in [3.8, 4) is 17.2 Å². The van der Waals surface area contributed by atoms with Gasteiger partial charge in [-0.2, -0.15) is 18.4 Å². The number of aryl methyl sites for hydroxylation is 1. The summed E-state index contributed by atoms with van der Waals surface area (Å²) in [7, 11) is 0. The van der Waals surface area contributed by atoms with Gasteiger partial charge in [0.1, 0.15) is 11.6 Å². The molecule has 2 aromatic carbocycles. The minimum atomic E-state index is -4.60. The fraction of sp³-hybridized carbons (Fsp3) is 0.417. The number of nitrogens with one attached hydrogen (secondary N) is 2. The number of nitriles is 1. The summed E-state index contributed by atoms with van der Waals surface area (Å²) in [5.74, 6) is -0.576. The molecule has 0 spiro atoms. The molecule has 0 heterocycles. The first-order valence-electron chi connectivity index (χ1n) is 10.5. The zero-order valence-corrected chi connectivity index (χ0v) is 18.6. The Bertz CT molecular complexity index is 1010. The van der Waals surface area contributed by atoms with E-state index >= 15 is 0 Å². The molecule has 1 amide bonds. The van der Waals surface area contributed by atoms with E-state index in [-0.39, 0.29) is 12.0 Å². The maximum atomic E-state index is 13.9. The second-order valence-corrected chi connectivity index (χ2v) is 8.66. The Morgan fingerprint density at radius 2 is 1.81 bits per heavy atom. The predicted octanol–water partition coefficient (Wildman–Crippen LogP) is 5.85. The van der Waals surface area contributed by atoms with E-state index in [0.717, 1.165) is 16.7 Å². The maximum Gasteiger partial charge on any atom is 0.407 e. The van der Waals surface area contributed by atoms with Gasteiger partial charge in [0.05, 0.1) is 12.1 Å². The highest BCUT2D eigenvalue weighted by atomic mass is 35.5. The molecule has 0 unspecified atom stereocenters. The summed E-state index contributed by atoms with van der Waals surface area (Å²) in [5.41, 5.74) is 1.58. The molecule has 2 N–H and O–H groups in total. The van der Waals surface area contributed by atoms with Gasteiger partial charge in [0.25, 0.3) is 0 Å². The fourth-order valence-electron chi connectivity index (χ4n) is 3.56. The second-order valence-electron chi connectivity index (χ2n) is 8.25. The van der Waals surface area contributed by atoms with Crippen LogP contribution in [0, 0.1) is 18.3 Å². The lowest BCUT2D eigenvalue weighted by molar-refractivity contribution is -0.161. The Hall–Kier alpha value is -2.56. The zero-order chi connectivity index (χ0) is 23.5. The SMILES string of the molecule is CCC[C@H](N[C@@H](c1ccc(-c2ccc(Cl)c(C)c2)cc1)C(F)(F)F)C(=O)NC1(C#N)CC1. The molecule has 1 fully saturated rings. The number of hydrogen-bond donors (Lipinski definition) is 2. The first-order valence-corrected chi connectivity index (χ1v) is 10.9. The Balaban J connectivity index is 1.83. The highest BCUT2D eigenvalue weighted by Gasteiger charge is 2.47. The molecular weight excluding hydrogens is 439 g/mol. The van der Waals surface area contributed by atoms with Crippen molar-refractivity contribution in [1.29, 1.82) is 5.26 Å². The van der Waals surface area contributed by atoms with Gasteiger partial charge in [-0.25, -0.2) is 0 Å². The molecule has 1 aliphatic rings. The number of rotatable bonds is 8. The van der Waals surface area contributed by atoms with Crippen LogP contribution in [0.5, 0.6) is 0 Å². The Morgan fingerprint density at radius 3 is 2.31 bits per heavy atom. The lowest BCUT2D eigenvalue weighted by Crippen LogP contribution is -2.51. The van der Waals surface area contributed by atoms with E-state index in [1.165, 1.54) is 12.1 Å². The lowest BCUT2D eigenvalue weighted by Gasteiger charge is -2.28. The predicted molar refractivity (Wildman–Crippen MR) is 118 cm³/mol. The van der Waals surface area contributed by atoms with E-state index in [4.69, 9.17) is 11.6 Å². The van der Waals surface area contributed by atoms with Gasteiger partial charge in [0.15, 0.2) is 0 Å². The van der Waals surface area contributed by atoms with E-state index in [0.29, 0.717) is 24.3 Å². The van der Waals surface area contributed by atoms with Crippen molar-refractivity contribution in [3.63, 3.8) is 0 Å². The van der Waals surface area contributed by atoms with Gasteiger partial charge in [-0.15, -0.1) is 0 Å². The molecule has 8 heteroatoms. The second kappa shape index (κ2) is 9.51. The van der Waals surface area contributed by atoms with Crippen LogP contribution in [0.15, 0.2) is 42.5 Å². The number of nitrogens with zero attached hydrogens (tertiary/aromatic N) is 1. The van der Waals surface area contributed by atoms with Gasteiger partial charge in [-0.05, 0) is 60.6 Å². The van der Waals surface area contributed by atoms with Crippen molar-refractivity contribution < 1.29 is 18.0 Å². The van der Waals surface area contributed by atoms with Crippen LogP contribution in [-0.2, 0) is 4.79 Å². The van der Waals surface area contributed by atoms with Crippen molar-refractivity contribution >= 4 is 17.5 Å². The van der Waals surface area contributed by atoms with Crippen LogP contribution in [0.3, 0.4) is 0 Å². The van der Waals surface area contributed by atoms with E-state index in [1.807, 2.05) is 25.1 Å². The highest BCUT2D eigenvalue weighted by Crippen LogP contribution is 2.36. The first kappa shape index (κ1) is 24.1. The van der Waals surface area contributed by atoms with E-state index in [2.05, 4.69) is 10.6 Å². The average Bonchev–Trinajstić information content (AvgIpc) is 3.52. The van der Waals surface area contributed by atoms with Crippen molar-refractivity contribution in [3.05, 3.63) is 58.6 Å². The fourth-order valence-corrected chi connectivity index (χ4v) is 3.68. The van der Waals surface area contributed by atoms with Crippen LogP contribution in [0.1, 0.15) is 49.8 Å².